The van der Waals surface area contributed by atoms with Crippen LogP contribution in [0.1, 0.15) is 33.6 Å². The Bertz CT molecular complexity index is 415. The molecule has 102 valence electrons. The summed E-state index contributed by atoms with van der Waals surface area (Å²) in [6.07, 6.45) is 5.42. The molecule has 1 aromatic rings. The third-order valence-corrected chi connectivity index (χ3v) is 3.79. The average molecular weight is 272 g/mol. The molecule has 0 saturated carbocycles. The van der Waals surface area contributed by atoms with Crippen LogP contribution in [0.2, 0.25) is 0 Å². The Balaban J connectivity index is 2.66. The van der Waals surface area contributed by atoms with Gasteiger partial charge in [0.25, 0.3) is 5.56 Å². The molecule has 1 unspecified atom stereocenters. The molecule has 1 atom stereocenters. The highest BCUT2D eigenvalue weighted by atomic mass is 35.5. The van der Waals surface area contributed by atoms with Crippen LogP contribution in [0.5, 0.6) is 0 Å². The van der Waals surface area contributed by atoms with Gasteiger partial charge in [-0.25, -0.2) is 4.98 Å². The predicted molar refractivity (Wildman–Crippen MR) is 76.4 cm³/mol. The number of alkyl halides is 1. The van der Waals surface area contributed by atoms with E-state index in [1.54, 1.807) is 17.0 Å². The van der Waals surface area contributed by atoms with Crippen molar-refractivity contribution >= 4 is 17.4 Å². The van der Waals surface area contributed by atoms with Crippen molar-refractivity contribution in [2.24, 2.45) is 5.92 Å². The summed E-state index contributed by atoms with van der Waals surface area (Å²) in [6.45, 7) is 7.42. The SMILES string of the molecule is CCC(CC)C(Cl)CNc1nccn(CC)c1=O. The Kier molecular flexibility index (Phi) is 6.19. The first-order valence-electron chi connectivity index (χ1n) is 6.57. The van der Waals surface area contributed by atoms with E-state index >= 15 is 0 Å². The number of hydrogen-bond donors (Lipinski definition) is 1. The van der Waals surface area contributed by atoms with E-state index in [1.165, 1.54) is 0 Å². The molecule has 1 heterocycles. The Morgan fingerprint density at radius 1 is 1.39 bits per heavy atom. The number of anilines is 1. The maximum Gasteiger partial charge on any atom is 0.293 e. The Labute approximate surface area is 113 Å². The fourth-order valence-electron chi connectivity index (χ4n) is 1.98. The molecular weight excluding hydrogens is 250 g/mol. The van der Waals surface area contributed by atoms with Gasteiger partial charge in [0.05, 0.1) is 5.38 Å². The molecule has 1 rings (SSSR count). The maximum atomic E-state index is 11.9. The van der Waals surface area contributed by atoms with Crippen LogP contribution >= 0.6 is 11.6 Å². The normalized spacial score (nSPS) is 12.7. The second-order valence-corrected chi connectivity index (χ2v) is 4.90. The van der Waals surface area contributed by atoms with Crippen LogP contribution < -0.4 is 10.9 Å². The zero-order chi connectivity index (χ0) is 13.5. The van der Waals surface area contributed by atoms with Crippen LogP contribution in [0.25, 0.3) is 0 Å². The van der Waals surface area contributed by atoms with E-state index in [-0.39, 0.29) is 10.9 Å². The lowest BCUT2D eigenvalue weighted by atomic mass is 9.99. The van der Waals surface area contributed by atoms with Crippen molar-refractivity contribution in [3.05, 3.63) is 22.7 Å². The van der Waals surface area contributed by atoms with Crippen molar-refractivity contribution in [1.29, 1.82) is 0 Å². The van der Waals surface area contributed by atoms with Gasteiger partial charge in [-0.15, -0.1) is 11.6 Å². The van der Waals surface area contributed by atoms with Gasteiger partial charge in [-0.05, 0) is 12.8 Å². The van der Waals surface area contributed by atoms with Gasteiger partial charge in [-0.1, -0.05) is 26.7 Å². The topological polar surface area (TPSA) is 46.9 Å². The highest BCUT2D eigenvalue weighted by Crippen LogP contribution is 2.18. The standard InChI is InChI=1S/C13H22ClN3O/c1-4-10(5-2)11(14)9-16-12-13(18)17(6-3)8-7-15-12/h7-8,10-11H,4-6,9H2,1-3H3,(H,15,16). The molecule has 0 fully saturated rings. The number of nitrogens with zero attached hydrogens (tertiary/aromatic N) is 2. The fraction of sp³-hybridized carbons (Fsp3) is 0.692. The van der Waals surface area contributed by atoms with Crippen LogP contribution in [-0.2, 0) is 6.54 Å². The first kappa shape index (κ1) is 15.0. The molecule has 5 heteroatoms. The van der Waals surface area contributed by atoms with E-state index in [0.29, 0.717) is 24.8 Å². The van der Waals surface area contributed by atoms with E-state index in [0.717, 1.165) is 12.8 Å². The molecule has 1 aromatic heterocycles. The summed E-state index contributed by atoms with van der Waals surface area (Å²) in [5, 5.41) is 3.08. The summed E-state index contributed by atoms with van der Waals surface area (Å²) in [7, 11) is 0. The number of hydrogen-bond acceptors (Lipinski definition) is 3. The van der Waals surface area contributed by atoms with Crippen LogP contribution in [0.15, 0.2) is 17.2 Å². The molecule has 0 aliphatic heterocycles. The minimum Gasteiger partial charge on any atom is -0.364 e. The van der Waals surface area contributed by atoms with Crippen molar-refractivity contribution in [2.75, 3.05) is 11.9 Å². The molecule has 0 amide bonds. The summed E-state index contributed by atoms with van der Waals surface area (Å²) in [6, 6.07) is 0. The fourth-order valence-corrected chi connectivity index (χ4v) is 2.41. The van der Waals surface area contributed by atoms with Crippen molar-refractivity contribution in [3.63, 3.8) is 0 Å². The monoisotopic (exact) mass is 271 g/mol. The van der Waals surface area contributed by atoms with Crippen molar-refractivity contribution in [3.8, 4) is 0 Å². The summed E-state index contributed by atoms with van der Waals surface area (Å²) < 4.78 is 1.62. The minimum absolute atomic E-state index is 0.0245. The number of nitrogens with one attached hydrogen (secondary N) is 1. The Hall–Kier alpha value is -1.03. The van der Waals surface area contributed by atoms with Crippen LogP contribution in [0.3, 0.4) is 0 Å². The van der Waals surface area contributed by atoms with E-state index in [1.807, 2.05) is 6.92 Å². The van der Waals surface area contributed by atoms with Gasteiger partial charge in [-0.3, -0.25) is 4.79 Å². The van der Waals surface area contributed by atoms with Gasteiger partial charge in [-0.2, -0.15) is 0 Å². The predicted octanol–water partition coefficient (Wildman–Crippen LogP) is 2.72. The van der Waals surface area contributed by atoms with Gasteiger partial charge >= 0.3 is 0 Å². The van der Waals surface area contributed by atoms with E-state index in [9.17, 15) is 4.79 Å². The summed E-state index contributed by atoms with van der Waals surface area (Å²) in [5.74, 6) is 0.854. The van der Waals surface area contributed by atoms with Crippen LogP contribution in [0, 0.1) is 5.92 Å². The Morgan fingerprint density at radius 2 is 2.06 bits per heavy atom. The summed E-state index contributed by atoms with van der Waals surface area (Å²) >= 11 is 6.32. The molecule has 1 N–H and O–H groups in total. The zero-order valence-electron chi connectivity index (χ0n) is 11.3. The quantitative estimate of drug-likeness (QED) is 0.776. The first-order chi connectivity index (χ1) is 8.63. The summed E-state index contributed by atoms with van der Waals surface area (Å²) in [5.41, 5.74) is -0.0894. The van der Waals surface area contributed by atoms with Crippen LogP contribution in [0.4, 0.5) is 5.82 Å². The van der Waals surface area contributed by atoms with Gasteiger partial charge < -0.3 is 9.88 Å². The van der Waals surface area contributed by atoms with Gasteiger partial charge in [0.1, 0.15) is 0 Å². The molecular formula is C13H22ClN3O. The van der Waals surface area contributed by atoms with Crippen LogP contribution in [-0.4, -0.2) is 21.5 Å². The molecule has 0 aliphatic rings. The highest BCUT2D eigenvalue weighted by molar-refractivity contribution is 6.21. The van der Waals surface area contributed by atoms with Gasteiger partial charge in [0.2, 0.25) is 0 Å². The second kappa shape index (κ2) is 7.41. The first-order valence-corrected chi connectivity index (χ1v) is 7.00. The number of aromatic nitrogens is 2. The highest BCUT2D eigenvalue weighted by Gasteiger charge is 2.16. The van der Waals surface area contributed by atoms with Gasteiger partial charge in [0, 0.05) is 25.5 Å². The maximum absolute atomic E-state index is 11.9. The number of aryl methyl sites for hydroxylation is 1. The third kappa shape index (κ3) is 3.73. The lowest BCUT2D eigenvalue weighted by Crippen LogP contribution is -2.28. The second-order valence-electron chi connectivity index (χ2n) is 4.34. The molecule has 0 aromatic carbocycles. The van der Waals surface area contributed by atoms with Crippen molar-refractivity contribution in [2.45, 2.75) is 45.5 Å². The molecule has 0 bridgehead atoms. The molecule has 4 nitrogen and oxygen atoms in total. The lowest BCUT2D eigenvalue weighted by Gasteiger charge is -2.19. The smallest absolute Gasteiger partial charge is 0.293 e. The average Bonchev–Trinajstić information content (AvgIpc) is 2.39. The van der Waals surface area contributed by atoms with E-state index in [4.69, 9.17) is 11.6 Å². The number of rotatable bonds is 7. The third-order valence-electron chi connectivity index (χ3n) is 3.28. The summed E-state index contributed by atoms with van der Waals surface area (Å²) in [4.78, 5) is 16.0. The largest absolute Gasteiger partial charge is 0.364 e. The zero-order valence-corrected chi connectivity index (χ0v) is 12.1. The Morgan fingerprint density at radius 3 is 2.61 bits per heavy atom. The number of halogens is 1. The molecule has 0 spiro atoms. The van der Waals surface area contributed by atoms with E-state index in [2.05, 4.69) is 24.1 Å². The van der Waals surface area contributed by atoms with Gasteiger partial charge in [0.15, 0.2) is 5.82 Å². The molecule has 0 saturated heterocycles. The van der Waals surface area contributed by atoms with Crippen molar-refractivity contribution < 1.29 is 0 Å². The molecule has 0 radical (unpaired) electrons. The lowest BCUT2D eigenvalue weighted by molar-refractivity contribution is 0.475. The van der Waals surface area contributed by atoms with E-state index < -0.39 is 0 Å². The minimum atomic E-state index is -0.0894. The molecule has 18 heavy (non-hydrogen) atoms. The van der Waals surface area contributed by atoms with Crippen molar-refractivity contribution in [1.82, 2.24) is 9.55 Å². The molecule has 0 aliphatic carbocycles.